The molecule has 1 fully saturated rings. The van der Waals surface area contributed by atoms with Crippen LogP contribution in [0.4, 0.5) is 14.5 Å². The number of hydrogen-bond donors (Lipinski definition) is 3. The summed E-state index contributed by atoms with van der Waals surface area (Å²) in [6.45, 7) is 1.69. The van der Waals surface area contributed by atoms with Gasteiger partial charge in [-0.15, -0.1) is 0 Å². The van der Waals surface area contributed by atoms with Crippen molar-refractivity contribution in [3.8, 4) is 17.0 Å². The van der Waals surface area contributed by atoms with Crippen LogP contribution in [0.2, 0.25) is 5.02 Å². The Labute approximate surface area is 205 Å². The highest BCUT2D eigenvalue weighted by Gasteiger charge is 2.22. The summed E-state index contributed by atoms with van der Waals surface area (Å²) in [4.78, 5) is 29.5. The molecule has 0 saturated carbocycles. The van der Waals surface area contributed by atoms with Gasteiger partial charge in [0.25, 0.3) is 11.8 Å². The van der Waals surface area contributed by atoms with E-state index >= 15 is 0 Å². The molecule has 0 unspecified atom stereocenters. The highest BCUT2D eigenvalue weighted by atomic mass is 35.5. The summed E-state index contributed by atoms with van der Waals surface area (Å²) in [5, 5.41) is 9.06. The Morgan fingerprint density at radius 3 is 2.57 bits per heavy atom. The molecule has 1 saturated heterocycles. The second kappa shape index (κ2) is 10.4. The summed E-state index contributed by atoms with van der Waals surface area (Å²) >= 11 is 6.31. The van der Waals surface area contributed by atoms with E-state index in [0.29, 0.717) is 11.3 Å². The van der Waals surface area contributed by atoms with Gasteiger partial charge in [0.05, 0.1) is 29.6 Å². The molecule has 0 atom stereocenters. The van der Waals surface area contributed by atoms with Crippen molar-refractivity contribution < 1.29 is 23.1 Å². The van der Waals surface area contributed by atoms with Gasteiger partial charge in [-0.3, -0.25) is 9.59 Å². The molecule has 0 aliphatic carbocycles. The summed E-state index contributed by atoms with van der Waals surface area (Å²) in [7, 11) is 2.75. The van der Waals surface area contributed by atoms with Gasteiger partial charge in [0, 0.05) is 24.3 Å². The van der Waals surface area contributed by atoms with Gasteiger partial charge in [0.1, 0.15) is 0 Å². The number of halogens is 3. The summed E-state index contributed by atoms with van der Waals surface area (Å²) < 4.78 is 34.8. The third kappa shape index (κ3) is 5.13. The highest BCUT2D eigenvalue weighted by molar-refractivity contribution is 6.34. The average Bonchev–Trinajstić information content (AvgIpc) is 3.22. The molecule has 35 heavy (non-hydrogen) atoms. The van der Waals surface area contributed by atoms with Crippen LogP contribution in [0.3, 0.4) is 0 Å². The number of imidazole rings is 1. The van der Waals surface area contributed by atoms with Crippen molar-refractivity contribution in [3.63, 3.8) is 0 Å². The van der Waals surface area contributed by atoms with E-state index in [1.807, 2.05) is 0 Å². The molecule has 11 heteroatoms. The van der Waals surface area contributed by atoms with Gasteiger partial charge in [-0.2, -0.15) is 4.39 Å². The molecular formula is C24H24ClF2N5O3. The standard InChI is InChI=1S/C24H24ClF2N5O3/c1-32-18(16-5-6-19(35-2)21(27)20(16)26)12-29-22(32)24(34)31-14-3-4-15(17(25)11-14)23(33)30-13-7-9-28-10-8-13/h3-6,11-13,28H,7-10H2,1-2H3,(H,30,33)(H,31,34). The normalized spacial score (nSPS) is 14.0. The Morgan fingerprint density at radius 2 is 1.89 bits per heavy atom. The monoisotopic (exact) mass is 503 g/mol. The Balaban J connectivity index is 1.49. The number of hydrogen-bond acceptors (Lipinski definition) is 5. The van der Waals surface area contributed by atoms with Crippen molar-refractivity contribution >= 4 is 29.1 Å². The fraction of sp³-hybridized carbons (Fsp3) is 0.292. The topological polar surface area (TPSA) is 97.3 Å². The van der Waals surface area contributed by atoms with Gasteiger partial charge < -0.3 is 25.3 Å². The maximum atomic E-state index is 14.5. The quantitative estimate of drug-likeness (QED) is 0.476. The first-order valence-corrected chi connectivity index (χ1v) is 11.3. The summed E-state index contributed by atoms with van der Waals surface area (Å²) in [6, 6.07) is 7.30. The molecule has 2 amide bonds. The zero-order valence-electron chi connectivity index (χ0n) is 19.1. The number of carbonyl (C=O) groups excluding carboxylic acids is 2. The van der Waals surface area contributed by atoms with Crippen molar-refractivity contribution in [2.75, 3.05) is 25.5 Å². The highest BCUT2D eigenvalue weighted by Crippen LogP contribution is 2.30. The number of aromatic nitrogens is 2. The SMILES string of the molecule is COc1ccc(-c2cnc(C(=O)Nc3ccc(C(=O)NC4CCNCC4)c(Cl)c3)n2C)c(F)c1F. The molecule has 1 aliphatic heterocycles. The number of ether oxygens (including phenoxy) is 1. The van der Waals surface area contributed by atoms with Gasteiger partial charge in [-0.1, -0.05) is 11.6 Å². The molecular weight excluding hydrogens is 480 g/mol. The number of anilines is 1. The van der Waals surface area contributed by atoms with E-state index in [1.54, 1.807) is 6.07 Å². The van der Waals surface area contributed by atoms with Gasteiger partial charge in [-0.25, -0.2) is 9.37 Å². The van der Waals surface area contributed by atoms with Gasteiger partial charge in [0.15, 0.2) is 17.4 Å². The van der Waals surface area contributed by atoms with Crippen LogP contribution in [0.5, 0.6) is 5.75 Å². The van der Waals surface area contributed by atoms with Crippen molar-refractivity contribution in [3.05, 3.63) is 64.6 Å². The van der Waals surface area contributed by atoms with Gasteiger partial charge >= 0.3 is 0 Å². The Bertz CT molecular complexity index is 1270. The van der Waals surface area contributed by atoms with Crippen LogP contribution in [-0.2, 0) is 7.05 Å². The lowest BCUT2D eigenvalue weighted by atomic mass is 10.1. The van der Waals surface area contributed by atoms with Crippen molar-refractivity contribution in [1.82, 2.24) is 20.2 Å². The molecule has 0 spiro atoms. The second-order valence-electron chi connectivity index (χ2n) is 8.12. The predicted octanol–water partition coefficient (Wildman–Crippen LogP) is 3.76. The minimum absolute atomic E-state index is 0.0283. The smallest absolute Gasteiger partial charge is 0.291 e. The first-order valence-electron chi connectivity index (χ1n) is 11.0. The van der Waals surface area contributed by atoms with Crippen molar-refractivity contribution in [2.24, 2.45) is 7.05 Å². The molecule has 4 rings (SSSR count). The molecule has 1 aromatic heterocycles. The fourth-order valence-electron chi connectivity index (χ4n) is 3.95. The first-order chi connectivity index (χ1) is 16.8. The zero-order valence-corrected chi connectivity index (χ0v) is 19.9. The zero-order chi connectivity index (χ0) is 25.1. The average molecular weight is 504 g/mol. The maximum Gasteiger partial charge on any atom is 0.291 e. The van der Waals surface area contributed by atoms with Gasteiger partial charge in [-0.05, 0) is 56.3 Å². The summed E-state index contributed by atoms with van der Waals surface area (Å²) in [5.74, 6) is -3.35. The van der Waals surface area contributed by atoms with Crippen LogP contribution in [0.1, 0.15) is 33.8 Å². The maximum absolute atomic E-state index is 14.5. The predicted molar refractivity (Wildman–Crippen MR) is 128 cm³/mol. The number of piperidine rings is 1. The van der Waals surface area contributed by atoms with Crippen molar-refractivity contribution in [1.29, 1.82) is 0 Å². The van der Waals surface area contributed by atoms with E-state index in [0.717, 1.165) is 25.9 Å². The molecule has 2 heterocycles. The molecule has 0 bridgehead atoms. The number of nitrogens with one attached hydrogen (secondary N) is 3. The number of amides is 2. The largest absolute Gasteiger partial charge is 0.494 e. The molecule has 184 valence electrons. The fourth-order valence-corrected chi connectivity index (χ4v) is 4.22. The molecule has 2 aromatic carbocycles. The number of rotatable bonds is 6. The van der Waals surface area contributed by atoms with E-state index in [9.17, 15) is 18.4 Å². The third-order valence-electron chi connectivity index (χ3n) is 5.88. The summed E-state index contributed by atoms with van der Waals surface area (Å²) in [6.07, 6.45) is 2.97. The van der Waals surface area contributed by atoms with Crippen LogP contribution in [-0.4, -0.2) is 47.6 Å². The minimum atomic E-state index is -1.13. The van der Waals surface area contributed by atoms with Crippen LogP contribution in [0, 0.1) is 11.6 Å². The Hall–Kier alpha value is -3.50. The molecule has 8 nitrogen and oxygen atoms in total. The Morgan fingerprint density at radius 1 is 1.14 bits per heavy atom. The lowest BCUT2D eigenvalue weighted by molar-refractivity contribution is 0.0929. The van der Waals surface area contributed by atoms with E-state index in [4.69, 9.17) is 16.3 Å². The molecule has 1 aliphatic rings. The van der Waals surface area contributed by atoms with Gasteiger partial charge in [0.2, 0.25) is 5.82 Å². The van der Waals surface area contributed by atoms with Crippen molar-refractivity contribution in [2.45, 2.75) is 18.9 Å². The van der Waals surface area contributed by atoms with Crippen LogP contribution in [0.25, 0.3) is 11.3 Å². The molecule has 3 N–H and O–H groups in total. The lowest BCUT2D eigenvalue weighted by Crippen LogP contribution is -2.42. The Kier molecular flexibility index (Phi) is 7.32. The summed E-state index contributed by atoms with van der Waals surface area (Å²) in [5.41, 5.74) is 0.797. The minimum Gasteiger partial charge on any atom is -0.494 e. The number of benzene rings is 2. The third-order valence-corrected chi connectivity index (χ3v) is 6.19. The number of nitrogens with zero attached hydrogens (tertiary/aromatic N) is 2. The van der Waals surface area contributed by atoms with E-state index < -0.39 is 17.5 Å². The van der Waals surface area contributed by atoms with E-state index in [2.05, 4.69) is 20.9 Å². The number of carbonyl (C=O) groups is 2. The van der Waals surface area contributed by atoms with E-state index in [-0.39, 0.29) is 39.8 Å². The van der Waals surface area contributed by atoms with E-state index in [1.165, 1.54) is 49.2 Å². The second-order valence-corrected chi connectivity index (χ2v) is 8.52. The van der Waals surface area contributed by atoms with Crippen LogP contribution < -0.4 is 20.7 Å². The lowest BCUT2D eigenvalue weighted by Gasteiger charge is -2.23. The van der Waals surface area contributed by atoms with Crippen LogP contribution >= 0.6 is 11.6 Å². The molecule has 0 radical (unpaired) electrons. The number of methoxy groups -OCH3 is 1. The molecule has 3 aromatic rings. The first kappa shape index (κ1) is 24.6. The van der Waals surface area contributed by atoms with Crippen LogP contribution in [0.15, 0.2) is 36.5 Å².